The van der Waals surface area contributed by atoms with E-state index in [4.69, 9.17) is 14.3 Å². The number of nitrogens with one attached hydrogen (secondary N) is 1. The molecular weight excluding hydrogens is 304 g/mol. The van der Waals surface area contributed by atoms with Gasteiger partial charge in [0.25, 0.3) is 0 Å². The van der Waals surface area contributed by atoms with Gasteiger partial charge in [-0.2, -0.15) is 5.10 Å². The van der Waals surface area contributed by atoms with Gasteiger partial charge in [0, 0.05) is 32.2 Å². The molecule has 132 valence electrons. The molecule has 0 aliphatic carbocycles. The van der Waals surface area contributed by atoms with Crippen molar-refractivity contribution in [2.45, 2.75) is 39.3 Å². The SMILES string of the molecule is CC(C)c1nn(C)c(N2CCOCC2)c1CN[C@@H](C)c1ccco1. The standard InChI is InChI=1S/C18H28N4O2/c1-13(2)17-15(12-19-14(3)16-6-5-9-24-16)18(21(4)20-17)22-7-10-23-11-8-22/h5-6,9,13-14,19H,7-8,10-12H2,1-4H3/t14-/m0/s1. The summed E-state index contributed by atoms with van der Waals surface area (Å²) in [5, 5.41) is 8.38. The minimum absolute atomic E-state index is 0.165. The summed E-state index contributed by atoms with van der Waals surface area (Å²) in [6.45, 7) is 10.7. The minimum atomic E-state index is 0.165. The molecule has 1 saturated heterocycles. The molecule has 1 atom stereocenters. The zero-order valence-corrected chi connectivity index (χ0v) is 15.1. The fourth-order valence-electron chi connectivity index (χ4n) is 3.28. The highest BCUT2D eigenvalue weighted by Gasteiger charge is 2.24. The third-order valence-corrected chi connectivity index (χ3v) is 4.56. The molecular formula is C18H28N4O2. The predicted octanol–water partition coefficient (Wildman–Crippen LogP) is 2.82. The van der Waals surface area contributed by atoms with E-state index in [1.807, 2.05) is 23.9 Å². The Morgan fingerprint density at radius 2 is 2.00 bits per heavy atom. The number of hydrogen-bond acceptors (Lipinski definition) is 5. The minimum Gasteiger partial charge on any atom is -0.468 e. The lowest BCUT2D eigenvalue weighted by Crippen LogP contribution is -2.38. The van der Waals surface area contributed by atoms with E-state index in [0.29, 0.717) is 5.92 Å². The first-order valence-electron chi connectivity index (χ1n) is 8.73. The Morgan fingerprint density at radius 1 is 1.25 bits per heavy atom. The summed E-state index contributed by atoms with van der Waals surface area (Å²) in [6.07, 6.45) is 1.72. The van der Waals surface area contributed by atoms with Crippen LogP contribution in [0.25, 0.3) is 0 Å². The van der Waals surface area contributed by atoms with E-state index >= 15 is 0 Å². The van der Waals surface area contributed by atoms with E-state index in [2.05, 4.69) is 31.0 Å². The average molecular weight is 332 g/mol. The average Bonchev–Trinajstić information content (AvgIpc) is 3.21. The molecule has 0 unspecified atom stereocenters. The van der Waals surface area contributed by atoms with E-state index in [9.17, 15) is 0 Å². The second kappa shape index (κ2) is 7.40. The predicted molar refractivity (Wildman–Crippen MR) is 94.3 cm³/mol. The molecule has 24 heavy (non-hydrogen) atoms. The zero-order chi connectivity index (χ0) is 17.1. The van der Waals surface area contributed by atoms with Crippen LogP contribution in [-0.2, 0) is 18.3 Å². The van der Waals surface area contributed by atoms with Crippen LogP contribution < -0.4 is 10.2 Å². The number of ether oxygens (including phenoxy) is 1. The van der Waals surface area contributed by atoms with Crippen molar-refractivity contribution in [2.24, 2.45) is 7.05 Å². The summed E-state index contributed by atoms with van der Waals surface area (Å²) < 4.78 is 13.0. The molecule has 0 saturated carbocycles. The van der Waals surface area contributed by atoms with Crippen molar-refractivity contribution in [1.82, 2.24) is 15.1 Å². The van der Waals surface area contributed by atoms with Gasteiger partial charge < -0.3 is 19.4 Å². The third kappa shape index (κ3) is 3.49. The van der Waals surface area contributed by atoms with Gasteiger partial charge in [-0.25, -0.2) is 0 Å². The molecule has 2 aromatic heterocycles. The van der Waals surface area contributed by atoms with Crippen LogP contribution >= 0.6 is 0 Å². The van der Waals surface area contributed by atoms with Crippen LogP contribution in [0.4, 0.5) is 5.82 Å². The maximum atomic E-state index is 5.50. The fourth-order valence-corrected chi connectivity index (χ4v) is 3.28. The number of furan rings is 1. The van der Waals surface area contributed by atoms with Gasteiger partial charge in [-0.3, -0.25) is 4.68 Å². The van der Waals surface area contributed by atoms with Crippen LogP contribution in [0.3, 0.4) is 0 Å². The van der Waals surface area contributed by atoms with Crippen molar-refractivity contribution in [3.05, 3.63) is 35.4 Å². The van der Waals surface area contributed by atoms with Crippen molar-refractivity contribution in [3.8, 4) is 0 Å². The Labute approximate surface area is 143 Å². The number of nitrogens with zero attached hydrogens (tertiary/aromatic N) is 3. The van der Waals surface area contributed by atoms with Crippen LogP contribution in [-0.4, -0.2) is 36.1 Å². The summed E-state index contributed by atoms with van der Waals surface area (Å²) in [7, 11) is 2.04. The summed E-state index contributed by atoms with van der Waals surface area (Å²) in [6, 6.07) is 4.10. The monoisotopic (exact) mass is 332 g/mol. The van der Waals surface area contributed by atoms with Gasteiger partial charge in [0.05, 0.1) is 31.2 Å². The Morgan fingerprint density at radius 3 is 2.62 bits per heavy atom. The van der Waals surface area contributed by atoms with Gasteiger partial charge in [-0.15, -0.1) is 0 Å². The molecule has 1 aliphatic rings. The lowest BCUT2D eigenvalue weighted by atomic mass is 10.0. The molecule has 2 aromatic rings. The number of morpholine rings is 1. The van der Waals surface area contributed by atoms with Gasteiger partial charge in [-0.05, 0) is 25.0 Å². The Bertz CT molecular complexity index is 642. The second-order valence-electron chi connectivity index (χ2n) is 6.68. The number of rotatable bonds is 6. The van der Waals surface area contributed by atoms with Crippen LogP contribution in [0.5, 0.6) is 0 Å². The summed E-state index contributed by atoms with van der Waals surface area (Å²) in [4.78, 5) is 2.39. The summed E-state index contributed by atoms with van der Waals surface area (Å²) >= 11 is 0. The molecule has 0 bridgehead atoms. The number of aryl methyl sites for hydroxylation is 1. The fraction of sp³-hybridized carbons (Fsp3) is 0.611. The first kappa shape index (κ1) is 17.0. The molecule has 1 aliphatic heterocycles. The molecule has 6 nitrogen and oxygen atoms in total. The van der Waals surface area contributed by atoms with Crippen LogP contribution in [0.1, 0.15) is 49.7 Å². The smallest absolute Gasteiger partial charge is 0.131 e. The maximum Gasteiger partial charge on any atom is 0.131 e. The first-order chi connectivity index (χ1) is 11.6. The summed E-state index contributed by atoms with van der Waals surface area (Å²) in [5.41, 5.74) is 2.45. The molecule has 0 spiro atoms. The van der Waals surface area contributed by atoms with Crippen molar-refractivity contribution in [2.75, 3.05) is 31.2 Å². The van der Waals surface area contributed by atoms with Crippen LogP contribution in [0, 0.1) is 0 Å². The van der Waals surface area contributed by atoms with Crippen LogP contribution in [0.2, 0.25) is 0 Å². The van der Waals surface area contributed by atoms with Crippen molar-refractivity contribution in [1.29, 1.82) is 0 Å². The van der Waals surface area contributed by atoms with Crippen LogP contribution in [0.15, 0.2) is 22.8 Å². The van der Waals surface area contributed by atoms with E-state index in [1.54, 1.807) is 6.26 Å². The topological polar surface area (TPSA) is 55.5 Å². The van der Waals surface area contributed by atoms with E-state index in [0.717, 1.165) is 44.3 Å². The molecule has 6 heteroatoms. The molecule has 1 N–H and O–H groups in total. The van der Waals surface area contributed by atoms with E-state index in [1.165, 1.54) is 11.4 Å². The Balaban J connectivity index is 1.83. The number of aromatic nitrogens is 2. The van der Waals surface area contributed by atoms with Crippen molar-refractivity contribution < 1.29 is 9.15 Å². The van der Waals surface area contributed by atoms with Gasteiger partial charge in [0.15, 0.2) is 0 Å². The van der Waals surface area contributed by atoms with Gasteiger partial charge >= 0.3 is 0 Å². The second-order valence-corrected chi connectivity index (χ2v) is 6.68. The molecule has 1 fully saturated rings. The highest BCUT2D eigenvalue weighted by Crippen LogP contribution is 2.29. The normalized spacial score (nSPS) is 16.8. The number of anilines is 1. The van der Waals surface area contributed by atoms with Crippen molar-refractivity contribution in [3.63, 3.8) is 0 Å². The maximum absolute atomic E-state index is 5.50. The lowest BCUT2D eigenvalue weighted by molar-refractivity contribution is 0.122. The first-order valence-corrected chi connectivity index (χ1v) is 8.73. The van der Waals surface area contributed by atoms with Gasteiger partial charge in [0.1, 0.15) is 11.6 Å². The molecule has 0 aromatic carbocycles. The lowest BCUT2D eigenvalue weighted by Gasteiger charge is -2.30. The van der Waals surface area contributed by atoms with Gasteiger partial charge in [-0.1, -0.05) is 13.8 Å². The molecule has 3 rings (SSSR count). The highest BCUT2D eigenvalue weighted by atomic mass is 16.5. The largest absolute Gasteiger partial charge is 0.468 e. The van der Waals surface area contributed by atoms with E-state index in [-0.39, 0.29) is 6.04 Å². The highest BCUT2D eigenvalue weighted by molar-refractivity contribution is 5.51. The Hall–Kier alpha value is -1.79. The van der Waals surface area contributed by atoms with E-state index < -0.39 is 0 Å². The quantitative estimate of drug-likeness (QED) is 0.881. The Kier molecular flexibility index (Phi) is 5.26. The zero-order valence-electron chi connectivity index (χ0n) is 15.1. The molecule has 0 amide bonds. The molecule has 0 radical (unpaired) electrons. The summed E-state index contributed by atoms with van der Waals surface area (Å²) in [5.74, 6) is 2.56. The molecule has 3 heterocycles. The number of hydrogen-bond donors (Lipinski definition) is 1. The van der Waals surface area contributed by atoms with Gasteiger partial charge in [0.2, 0.25) is 0 Å². The van der Waals surface area contributed by atoms with Crippen molar-refractivity contribution >= 4 is 5.82 Å². The third-order valence-electron chi connectivity index (χ3n) is 4.56.